The summed E-state index contributed by atoms with van der Waals surface area (Å²) >= 11 is 3.07. The number of amides is 1. The summed E-state index contributed by atoms with van der Waals surface area (Å²) in [4.78, 5) is 13.3. The first-order valence-electron chi connectivity index (χ1n) is 6.12. The third-order valence-electron chi connectivity index (χ3n) is 2.78. The van der Waals surface area contributed by atoms with Gasteiger partial charge in [0, 0.05) is 25.7 Å². The molecule has 0 bridgehead atoms. The zero-order valence-electron chi connectivity index (χ0n) is 11.6. The molecule has 0 aromatic heterocycles. The minimum atomic E-state index is -0.425. The third kappa shape index (κ3) is 3.52. The van der Waals surface area contributed by atoms with Gasteiger partial charge in [-0.05, 0) is 46.3 Å². The van der Waals surface area contributed by atoms with Crippen LogP contribution in [0.4, 0.5) is 10.1 Å². The lowest BCUT2D eigenvalue weighted by Gasteiger charge is -2.13. The molecule has 0 radical (unpaired) electrons. The largest absolute Gasteiger partial charge is 0.455 e. The van der Waals surface area contributed by atoms with Crippen LogP contribution in [0.2, 0.25) is 0 Å². The van der Waals surface area contributed by atoms with E-state index in [1.165, 1.54) is 17.0 Å². The van der Waals surface area contributed by atoms with Crippen molar-refractivity contribution in [3.05, 3.63) is 52.3 Å². The van der Waals surface area contributed by atoms with Gasteiger partial charge in [0.2, 0.25) is 0 Å². The van der Waals surface area contributed by atoms with Gasteiger partial charge in [-0.1, -0.05) is 0 Å². The van der Waals surface area contributed by atoms with Gasteiger partial charge in [-0.2, -0.15) is 0 Å². The molecule has 0 fully saturated rings. The molecular formula is C15H14BrFN2O2. The molecule has 2 aromatic rings. The minimum absolute atomic E-state index is 0.150. The summed E-state index contributed by atoms with van der Waals surface area (Å²) < 4.78 is 19.3. The van der Waals surface area contributed by atoms with Crippen molar-refractivity contribution in [3.8, 4) is 11.5 Å². The molecule has 0 heterocycles. The Morgan fingerprint density at radius 1 is 1.24 bits per heavy atom. The predicted octanol–water partition coefficient (Wildman–Crippen LogP) is 3.66. The molecule has 0 saturated heterocycles. The average molecular weight is 353 g/mol. The standard InChI is InChI=1S/C15H14BrFN2O2/c1-19(2)15(20)9-3-6-14(13(18)7-9)21-10-4-5-11(16)12(17)8-10/h3-8H,18H2,1-2H3. The molecule has 2 N–H and O–H groups in total. The van der Waals surface area contributed by atoms with E-state index in [-0.39, 0.29) is 5.91 Å². The number of nitrogens with two attached hydrogens (primary N) is 1. The molecule has 21 heavy (non-hydrogen) atoms. The van der Waals surface area contributed by atoms with Crippen molar-refractivity contribution in [1.29, 1.82) is 0 Å². The molecule has 2 aromatic carbocycles. The fourth-order valence-corrected chi connectivity index (χ4v) is 1.95. The smallest absolute Gasteiger partial charge is 0.253 e. The maximum Gasteiger partial charge on any atom is 0.253 e. The van der Waals surface area contributed by atoms with E-state index in [2.05, 4.69) is 15.9 Å². The molecule has 4 nitrogen and oxygen atoms in total. The van der Waals surface area contributed by atoms with E-state index < -0.39 is 5.82 Å². The number of nitrogens with zero attached hydrogens (tertiary/aromatic N) is 1. The number of benzene rings is 2. The van der Waals surface area contributed by atoms with E-state index in [1.807, 2.05) is 0 Å². The van der Waals surface area contributed by atoms with Gasteiger partial charge in [0.05, 0.1) is 10.2 Å². The maximum atomic E-state index is 13.4. The van der Waals surface area contributed by atoms with E-state index in [1.54, 1.807) is 38.4 Å². The molecule has 110 valence electrons. The van der Waals surface area contributed by atoms with Gasteiger partial charge < -0.3 is 15.4 Å². The summed E-state index contributed by atoms with van der Waals surface area (Å²) in [6.45, 7) is 0. The van der Waals surface area contributed by atoms with Crippen LogP contribution in [0.5, 0.6) is 11.5 Å². The quantitative estimate of drug-likeness (QED) is 0.857. The van der Waals surface area contributed by atoms with Crippen LogP contribution in [0.3, 0.4) is 0 Å². The van der Waals surface area contributed by atoms with Crippen LogP contribution in [-0.2, 0) is 0 Å². The van der Waals surface area contributed by atoms with Crippen molar-refractivity contribution in [1.82, 2.24) is 4.90 Å². The van der Waals surface area contributed by atoms with Gasteiger partial charge in [-0.3, -0.25) is 4.79 Å². The topological polar surface area (TPSA) is 55.6 Å². The zero-order valence-corrected chi connectivity index (χ0v) is 13.1. The van der Waals surface area contributed by atoms with Crippen molar-refractivity contribution in [3.63, 3.8) is 0 Å². The van der Waals surface area contributed by atoms with Crippen LogP contribution >= 0.6 is 15.9 Å². The summed E-state index contributed by atoms with van der Waals surface area (Å²) in [5.74, 6) is 0.120. The average Bonchev–Trinajstić information content (AvgIpc) is 2.44. The highest BCUT2D eigenvalue weighted by Crippen LogP contribution is 2.30. The Balaban J connectivity index is 2.25. The third-order valence-corrected chi connectivity index (χ3v) is 3.42. The summed E-state index contributed by atoms with van der Waals surface area (Å²) in [5.41, 5.74) is 6.65. The lowest BCUT2D eigenvalue weighted by molar-refractivity contribution is 0.0827. The van der Waals surface area contributed by atoms with E-state index >= 15 is 0 Å². The normalized spacial score (nSPS) is 10.3. The van der Waals surface area contributed by atoms with Gasteiger partial charge in [-0.15, -0.1) is 0 Å². The van der Waals surface area contributed by atoms with Crippen LogP contribution < -0.4 is 10.5 Å². The number of rotatable bonds is 3. The molecule has 0 spiro atoms. The first-order chi connectivity index (χ1) is 9.88. The zero-order chi connectivity index (χ0) is 15.6. The van der Waals surface area contributed by atoms with Gasteiger partial charge in [0.25, 0.3) is 5.91 Å². The fraction of sp³-hybridized carbons (Fsp3) is 0.133. The Hall–Kier alpha value is -2.08. The Morgan fingerprint density at radius 3 is 2.52 bits per heavy atom. The van der Waals surface area contributed by atoms with Crippen LogP contribution in [0.15, 0.2) is 40.9 Å². The van der Waals surface area contributed by atoms with Crippen LogP contribution in [0, 0.1) is 5.82 Å². The minimum Gasteiger partial charge on any atom is -0.455 e. The Labute approximate surface area is 130 Å². The molecule has 0 aliphatic carbocycles. The van der Waals surface area contributed by atoms with Crippen molar-refractivity contribution in [2.24, 2.45) is 0 Å². The monoisotopic (exact) mass is 352 g/mol. The van der Waals surface area contributed by atoms with Gasteiger partial charge in [-0.25, -0.2) is 4.39 Å². The molecular weight excluding hydrogens is 339 g/mol. The highest BCUT2D eigenvalue weighted by atomic mass is 79.9. The SMILES string of the molecule is CN(C)C(=O)c1ccc(Oc2ccc(Br)c(F)c2)c(N)c1. The molecule has 0 aliphatic heterocycles. The second-order valence-electron chi connectivity index (χ2n) is 4.63. The number of carbonyl (C=O) groups is 1. The van der Waals surface area contributed by atoms with Crippen LogP contribution in [0.1, 0.15) is 10.4 Å². The van der Waals surface area contributed by atoms with Crippen molar-refractivity contribution < 1.29 is 13.9 Å². The van der Waals surface area contributed by atoms with Crippen LogP contribution in [-0.4, -0.2) is 24.9 Å². The number of nitrogen functional groups attached to an aromatic ring is 1. The lowest BCUT2D eigenvalue weighted by atomic mass is 10.1. The molecule has 2 rings (SSSR count). The van der Waals surface area contributed by atoms with E-state index in [0.717, 1.165) is 0 Å². The van der Waals surface area contributed by atoms with Gasteiger partial charge >= 0.3 is 0 Å². The molecule has 1 amide bonds. The lowest BCUT2D eigenvalue weighted by Crippen LogP contribution is -2.21. The van der Waals surface area contributed by atoms with Crippen molar-refractivity contribution >= 4 is 27.5 Å². The number of hydrogen-bond donors (Lipinski definition) is 1. The number of hydrogen-bond acceptors (Lipinski definition) is 3. The Kier molecular flexibility index (Phi) is 4.47. The highest BCUT2D eigenvalue weighted by Gasteiger charge is 2.11. The maximum absolute atomic E-state index is 13.4. The predicted molar refractivity (Wildman–Crippen MR) is 83.0 cm³/mol. The summed E-state index contributed by atoms with van der Waals surface area (Å²) in [7, 11) is 3.32. The molecule has 0 unspecified atom stereocenters. The molecule has 0 aliphatic rings. The first-order valence-corrected chi connectivity index (χ1v) is 6.92. The Bertz CT molecular complexity index is 689. The first kappa shape index (κ1) is 15.3. The molecule has 0 saturated carbocycles. The molecule has 6 heteroatoms. The second-order valence-corrected chi connectivity index (χ2v) is 5.48. The van der Waals surface area contributed by atoms with Crippen molar-refractivity contribution in [2.45, 2.75) is 0 Å². The number of halogens is 2. The van der Waals surface area contributed by atoms with E-state index in [0.29, 0.717) is 27.2 Å². The number of ether oxygens (including phenoxy) is 1. The van der Waals surface area contributed by atoms with Gasteiger partial charge in [0.1, 0.15) is 17.3 Å². The summed E-state index contributed by atoms with van der Waals surface area (Å²) in [6, 6.07) is 9.15. The van der Waals surface area contributed by atoms with Gasteiger partial charge in [0.15, 0.2) is 0 Å². The van der Waals surface area contributed by atoms with Crippen molar-refractivity contribution in [2.75, 3.05) is 19.8 Å². The fourth-order valence-electron chi connectivity index (χ4n) is 1.70. The van der Waals surface area contributed by atoms with E-state index in [4.69, 9.17) is 10.5 Å². The Morgan fingerprint density at radius 2 is 1.95 bits per heavy atom. The second kappa shape index (κ2) is 6.13. The highest BCUT2D eigenvalue weighted by molar-refractivity contribution is 9.10. The number of carbonyl (C=O) groups excluding carboxylic acids is 1. The summed E-state index contributed by atoms with van der Waals surface area (Å²) in [5, 5.41) is 0. The molecule has 0 atom stereocenters. The number of anilines is 1. The summed E-state index contributed by atoms with van der Waals surface area (Å²) in [6.07, 6.45) is 0. The van der Waals surface area contributed by atoms with Crippen LogP contribution in [0.25, 0.3) is 0 Å². The van der Waals surface area contributed by atoms with E-state index in [9.17, 15) is 9.18 Å².